The molecule has 2 fully saturated rings. The molecule has 2 aromatic heterocycles. The van der Waals surface area contributed by atoms with Gasteiger partial charge in [-0.05, 0) is 48.9 Å². The molecule has 2 atom stereocenters. The Morgan fingerprint density at radius 1 is 1.13 bits per heavy atom. The van der Waals surface area contributed by atoms with E-state index in [0.29, 0.717) is 71.5 Å². The van der Waals surface area contributed by atoms with Crippen molar-refractivity contribution in [1.82, 2.24) is 19.4 Å². The van der Waals surface area contributed by atoms with Crippen LogP contribution in [0.15, 0.2) is 59.5 Å². The van der Waals surface area contributed by atoms with E-state index in [1.54, 1.807) is 41.0 Å². The first-order valence-electron chi connectivity index (χ1n) is 12.8. The predicted octanol–water partition coefficient (Wildman–Crippen LogP) is 4.84. The van der Waals surface area contributed by atoms with Crippen LogP contribution < -0.4 is 15.0 Å². The first kappa shape index (κ1) is 25.2. The lowest BCUT2D eigenvalue weighted by Gasteiger charge is -2.33. The SMILES string of the molecule is COc1ccc(-c2cc3nc(C)n(Cc4ccc(Cl)cc4)c(=O)c3cc2O[C@H]2CCN3C(=O)OC[C@@H]3C2)nc1. The summed E-state index contributed by atoms with van der Waals surface area (Å²) < 4.78 is 18.7. The van der Waals surface area contributed by atoms with E-state index in [1.165, 1.54) is 0 Å². The van der Waals surface area contributed by atoms with E-state index < -0.39 is 0 Å². The molecular weight excluding hydrogens is 520 g/mol. The van der Waals surface area contributed by atoms with Crippen LogP contribution in [0.2, 0.25) is 5.02 Å². The largest absolute Gasteiger partial charge is 0.495 e. The third-order valence-electron chi connectivity index (χ3n) is 7.34. The van der Waals surface area contributed by atoms with Crippen LogP contribution in [0.1, 0.15) is 24.2 Å². The zero-order chi connectivity index (χ0) is 27.1. The molecule has 4 aromatic rings. The predicted molar refractivity (Wildman–Crippen MR) is 147 cm³/mol. The number of hydrogen-bond donors (Lipinski definition) is 0. The number of nitrogens with zero attached hydrogens (tertiary/aromatic N) is 4. The van der Waals surface area contributed by atoms with Gasteiger partial charge < -0.3 is 19.1 Å². The quantitative estimate of drug-likeness (QED) is 0.341. The standard InChI is InChI=1S/C29H27ClN4O5/c1-17-32-26-12-23(25-8-7-22(37-2)14-31-25)27(39-21-9-10-33-20(11-21)16-38-29(33)36)13-24(26)28(35)34(17)15-18-3-5-19(30)6-4-18/h3-8,12-14,20-21H,9-11,15-16H2,1-2H3/t20-,21-/m0/s1. The minimum absolute atomic E-state index is 0.0137. The number of carbonyl (C=O) groups is 1. The number of amides is 1. The molecule has 2 saturated heterocycles. The van der Waals surface area contributed by atoms with E-state index >= 15 is 0 Å². The number of fused-ring (bicyclic) bond motifs is 2. The Kier molecular flexibility index (Phi) is 6.60. The summed E-state index contributed by atoms with van der Waals surface area (Å²) >= 11 is 6.04. The first-order chi connectivity index (χ1) is 18.9. The third-order valence-corrected chi connectivity index (χ3v) is 7.60. The van der Waals surface area contributed by atoms with E-state index in [0.717, 1.165) is 11.1 Å². The zero-order valence-corrected chi connectivity index (χ0v) is 22.4. The van der Waals surface area contributed by atoms with Crippen molar-refractivity contribution in [3.63, 3.8) is 0 Å². The van der Waals surface area contributed by atoms with Gasteiger partial charge in [-0.25, -0.2) is 9.78 Å². The molecule has 6 rings (SSSR count). The topological polar surface area (TPSA) is 95.8 Å². The number of rotatable bonds is 6. The Bertz CT molecular complexity index is 1600. The summed E-state index contributed by atoms with van der Waals surface area (Å²) in [6.07, 6.45) is 2.53. The highest BCUT2D eigenvalue weighted by Crippen LogP contribution is 2.35. The van der Waals surface area contributed by atoms with Crippen molar-refractivity contribution in [2.75, 3.05) is 20.3 Å². The molecule has 2 aliphatic rings. The molecule has 1 amide bonds. The monoisotopic (exact) mass is 546 g/mol. The minimum Gasteiger partial charge on any atom is -0.495 e. The lowest BCUT2D eigenvalue weighted by atomic mass is 10.0. The Labute approximate surface area is 229 Å². The lowest BCUT2D eigenvalue weighted by molar-refractivity contribution is 0.0941. The van der Waals surface area contributed by atoms with Gasteiger partial charge in [-0.15, -0.1) is 0 Å². The number of piperidine rings is 1. The van der Waals surface area contributed by atoms with Gasteiger partial charge in [0.2, 0.25) is 0 Å². The van der Waals surface area contributed by atoms with Gasteiger partial charge in [-0.1, -0.05) is 23.7 Å². The van der Waals surface area contributed by atoms with Crippen molar-refractivity contribution >= 4 is 28.6 Å². The van der Waals surface area contributed by atoms with E-state index in [4.69, 9.17) is 30.8 Å². The zero-order valence-electron chi connectivity index (χ0n) is 21.6. The van der Waals surface area contributed by atoms with Crippen LogP contribution in [0.25, 0.3) is 22.2 Å². The van der Waals surface area contributed by atoms with Crippen LogP contribution in [0.4, 0.5) is 4.79 Å². The fraction of sp³-hybridized carbons (Fsp3) is 0.310. The van der Waals surface area contributed by atoms with Gasteiger partial charge in [0, 0.05) is 30.0 Å². The van der Waals surface area contributed by atoms with Gasteiger partial charge in [-0.3, -0.25) is 14.3 Å². The summed E-state index contributed by atoms with van der Waals surface area (Å²) in [4.78, 5) is 36.8. The molecule has 10 heteroatoms. The molecule has 0 N–H and O–H groups in total. The second kappa shape index (κ2) is 10.2. The maximum Gasteiger partial charge on any atom is 0.410 e. The van der Waals surface area contributed by atoms with Crippen LogP contribution in [-0.4, -0.2) is 57.9 Å². The fourth-order valence-corrected chi connectivity index (χ4v) is 5.35. The van der Waals surface area contributed by atoms with Crippen molar-refractivity contribution in [2.24, 2.45) is 0 Å². The molecule has 0 saturated carbocycles. The van der Waals surface area contributed by atoms with Crippen molar-refractivity contribution in [3.05, 3.63) is 81.5 Å². The average molecular weight is 547 g/mol. The van der Waals surface area contributed by atoms with Crippen LogP contribution in [0.3, 0.4) is 0 Å². The molecule has 0 radical (unpaired) electrons. The Balaban J connectivity index is 1.41. The maximum absolute atomic E-state index is 13.7. The Hall–Kier alpha value is -4.11. The van der Waals surface area contributed by atoms with Gasteiger partial charge in [0.05, 0.1) is 42.5 Å². The highest BCUT2D eigenvalue weighted by atomic mass is 35.5. The molecule has 39 heavy (non-hydrogen) atoms. The molecule has 4 heterocycles. The number of benzene rings is 2. The third kappa shape index (κ3) is 4.90. The van der Waals surface area contributed by atoms with Crippen LogP contribution in [-0.2, 0) is 11.3 Å². The summed E-state index contributed by atoms with van der Waals surface area (Å²) in [5.41, 5.74) is 2.76. The number of carbonyl (C=O) groups excluding carboxylic acids is 1. The molecule has 0 bridgehead atoms. The van der Waals surface area contributed by atoms with Crippen LogP contribution in [0, 0.1) is 6.92 Å². The van der Waals surface area contributed by atoms with Gasteiger partial charge in [0.1, 0.15) is 30.0 Å². The van der Waals surface area contributed by atoms with E-state index in [-0.39, 0.29) is 23.8 Å². The molecule has 200 valence electrons. The maximum atomic E-state index is 13.7. The van der Waals surface area contributed by atoms with Crippen molar-refractivity contribution in [1.29, 1.82) is 0 Å². The van der Waals surface area contributed by atoms with Crippen molar-refractivity contribution in [2.45, 2.75) is 38.5 Å². The van der Waals surface area contributed by atoms with Gasteiger partial charge in [0.25, 0.3) is 5.56 Å². The summed E-state index contributed by atoms with van der Waals surface area (Å²) in [7, 11) is 1.59. The van der Waals surface area contributed by atoms with E-state index in [1.807, 2.05) is 37.3 Å². The highest BCUT2D eigenvalue weighted by molar-refractivity contribution is 6.30. The van der Waals surface area contributed by atoms with E-state index in [2.05, 4.69) is 4.98 Å². The summed E-state index contributed by atoms with van der Waals surface area (Å²) in [5.74, 6) is 1.78. The fourth-order valence-electron chi connectivity index (χ4n) is 5.23. The van der Waals surface area contributed by atoms with E-state index in [9.17, 15) is 9.59 Å². The number of hydrogen-bond acceptors (Lipinski definition) is 7. The lowest BCUT2D eigenvalue weighted by Crippen LogP contribution is -2.44. The van der Waals surface area contributed by atoms with Crippen molar-refractivity contribution < 1.29 is 19.0 Å². The van der Waals surface area contributed by atoms with Gasteiger partial charge >= 0.3 is 6.09 Å². The van der Waals surface area contributed by atoms with Gasteiger partial charge in [0.15, 0.2) is 0 Å². The Morgan fingerprint density at radius 3 is 2.69 bits per heavy atom. The highest BCUT2D eigenvalue weighted by Gasteiger charge is 2.39. The van der Waals surface area contributed by atoms with Crippen LogP contribution >= 0.6 is 11.6 Å². The number of pyridine rings is 1. The second-order valence-corrected chi connectivity index (χ2v) is 10.3. The number of methoxy groups -OCH3 is 1. The number of halogens is 1. The average Bonchev–Trinajstić information content (AvgIpc) is 3.32. The second-order valence-electron chi connectivity index (χ2n) is 9.81. The van der Waals surface area contributed by atoms with Gasteiger partial charge in [-0.2, -0.15) is 0 Å². The number of aromatic nitrogens is 3. The normalized spacial score (nSPS) is 18.6. The van der Waals surface area contributed by atoms with Crippen LogP contribution in [0.5, 0.6) is 11.5 Å². The number of cyclic esters (lactones) is 1. The molecule has 0 spiro atoms. The minimum atomic E-state index is -0.269. The number of aryl methyl sites for hydroxylation is 1. The molecular formula is C29H27ClN4O5. The summed E-state index contributed by atoms with van der Waals surface area (Å²) in [5, 5.41) is 1.10. The molecule has 0 aliphatic carbocycles. The Morgan fingerprint density at radius 2 is 1.95 bits per heavy atom. The molecule has 2 aliphatic heterocycles. The van der Waals surface area contributed by atoms with Crippen molar-refractivity contribution in [3.8, 4) is 22.8 Å². The summed E-state index contributed by atoms with van der Waals surface area (Å²) in [6.45, 7) is 3.12. The first-order valence-corrected chi connectivity index (χ1v) is 13.2. The smallest absolute Gasteiger partial charge is 0.410 e. The molecule has 2 aromatic carbocycles. The number of ether oxygens (including phenoxy) is 3. The summed E-state index contributed by atoms with van der Waals surface area (Å²) in [6, 6.07) is 14.7. The molecule has 9 nitrogen and oxygen atoms in total. The molecule has 0 unspecified atom stereocenters.